The number of hydrogen-bond acceptors (Lipinski definition) is 4. The zero-order valence-corrected chi connectivity index (χ0v) is 13.8. The minimum Gasteiger partial charge on any atom is -0.382 e. The largest absolute Gasteiger partial charge is 0.382 e. The molecule has 21 heavy (non-hydrogen) atoms. The normalized spacial score (nSPS) is 26.6. The number of hydrogen-bond donors (Lipinski definition) is 1. The highest BCUT2D eigenvalue weighted by molar-refractivity contribution is 9.10. The maximum absolute atomic E-state index is 6.02. The number of amidine groups is 1. The third-order valence-electron chi connectivity index (χ3n) is 4.23. The molecular weight excluding hydrogens is 330 g/mol. The van der Waals surface area contributed by atoms with Gasteiger partial charge in [0.2, 0.25) is 0 Å². The Morgan fingerprint density at radius 3 is 2.71 bits per heavy atom. The Labute approximate surface area is 133 Å². The number of ether oxygens (including phenoxy) is 1. The number of benzene rings is 1. The first-order chi connectivity index (χ1) is 10.1. The molecule has 0 aliphatic carbocycles. The van der Waals surface area contributed by atoms with Crippen LogP contribution < -0.4 is 5.73 Å². The molecule has 1 atom stereocenters. The van der Waals surface area contributed by atoms with E-state index in [2.05, 4.69) is 28.1 Å². The van der Waals surface area contributed by atoms with E-state index >= 15 is 0 Å². The molecule has 3 rings (SSSR count). The zero-order valence-electron chi connectivity index (χ0n) is 12.2. The third-order valence-corrected chi connectivity index (χ3v) is 4.72. The fourth-order valence-corrected chi connectivity index (χ4v) is 3.47. The second kappa shape index (κ2) is 5.89. The van der Waals surface area contributed by atoms with Crippen molar-refractivity contribution in [2.24, 2.45) is 21.6 Å². The predicted molar refractivity (Wildman–Crippen MR) is 88.7 cm³/mol. The highest BCUT2D eigenvalue weighted by Gasteiger charge is 2.38. The Balaban J connectivity index is 1.96. The van der Waals surface area contributed by atoms with Crippen LogP contribution in [-0.2, 0) is 10.4 Å². The van der Waals surface area contributed by atoms with Gasteiger partial charge in [0.25, 0.3) is 0 Å². The van der Waals surface area contributed by atoms with Gasteiger partial charge >= 0.3 is 0 Å². The van der Waals surface area contributed by atoms with Crippen LogP contribution >= 0.6 is 15.9 Å². The van der Waals surface area contributed by atoms with Crippen molar-refractivity contribution in [2.75, 3.05) is 13.2 Å². The van der Waals surface area contributed by atoms with Gasteiger partial charge in [-0.1, -0.05) is 28.1 Å². The van der Waals surface area contributed by atoms with Crippen LogP contribution in [0.5, 0.6) is 0 Å². The molecule has 1 aromatic carbocycles. The van der Waals surface area contributed by atoms with Gasteiger partial charge in [0, 0.05) is 29.7 Å². The fourth-order valence-electron chi connectivity index (χ4n) is 3.07. The average Bonchev–Trinajstić information content (AvgIpc) is 2.76. The molecule has 2 aliphatic heterocycles. The van der Waals surface area contributed by atoms with E-state index < -0.39 is 5.66 Å². The summed E-state index contributed by atoms with van der Waals surface area (Å²) in [5.41, 5.74) is 7.40. The van der Waals surface area contributed by atoms with Gasteiger partial charge in [-0.25, -0.2) is 4.99 Å². The molecule has 1 unspecified atom stereocenters. The van der Waals surface area contributed by atoms with E-state index in [0.29, 0.717) is 11.8 Å². The van der Waals surface area contributed by atoms with E-state index in [1.807, 2.05) is 19.1 Å². The van der Waals surface area contributed by atoms with Crippen LogP contribution in [0.25, 0.3) is 0 Å². The summed E-state index contributed by atoms with van der Waals surface area (Å²) in [7, 11) is 0. The zero-order chi connectivity index (χ0) is 14.9. The molecule has 1 fully saturated rings. The van der Waals surface area contributed by atoms with Crippen molar-refractivity contribution in [1.29, 1.82) is 0 Å². The van der Waals surface area contributed by atoms with E-state index in [-0.39, 0.29) is 0 Å². The standard InChI is InChI=1S/C16H20BrN3O/c1-11-15(18)20-16(19-11,10-12-5-7-21-8-6-12)13-3-2-4-14(17)9-13/h2-4,9,12H,5-8,10H2,1H3,(H2,18,20). The number of halogens is 1. The minimum absolute atomic E-state index is 0.556. The summed E-state index contributed by atoms with van der Waals surface area (Å²) in [6.45, 7) is 3.60. The third kappa shape index (κ3) is 3.04. The van der Waals surface area contributed by atoms with Crippen LogP contribution in [0.2, 0.25) is 0 Å². The van der Waals surface area contributed by atoms with Gasteiger partial charge in [0.1, 0.15) is 5.84 Å². The van der Waals surface area contributed by atoms with E-state index in [4.69, 9.17) is 20.5 Å². The topological polar surface area (TPSA) is 60.0 Å². The summed E-state index contributed by atoms with van der Waals surface area (Å²) in [4.78, 5) is 9.57. The van der Waals surface area contributed by atoms with Crippen LogP contribution in [0.1, 0.15) is 31.7 Å². The van der Waals surface area contributed by atoms with Crippen LogP contribution in [0.15, 0.2) is 38.7 Å². The van der Waals surface area contributed by atoms with Gasteiger partial charge < -0.3 is 10.5 Å². The van der Waals surface area contributed by atoms with Crippen molar-refractivity contribution in [3.8, 4) is 0 Å². The smallest absolute Gasteiger partial charge is 0.178 e. The molecular formula is C16H20BrN3O. The lowest BCUT2D eigenvalue weighted by Gasteiger charge is -2.31. The van der Waals surface area contributed by atoms with Crippen LogP contribution in [0, 0.1) is 5.92 Å². The van der Waals surface area contributed by atoms with Crippen LogP contribution in [-0.4, -0.2) is 24.8 Å². The first-order valence-corrected chi connectivity index (χ1v) is 8.14. The van der Waals surface area contributed by atoms with Crippen molar-refractivity contribution in [3.05, 3.63) is 34.3 Å². The number of nitrogens with zero attached hydrogens (tertiary/aromatic N) is 2. The van der Waals surface area contributed by atoms with Gasteiger partial charge in [0.15, 0.2) is 5.66 Å². The highest BCUT2D eigenvalue weighted by atomic mass is 79.9. The summed E-state index contributed by atoms with van der Waals surface area (Å²) in [6, 6.07) is 8.23. The van der Waals surface area contributed by atoms with Crippen molar-refractivity contribution < 1.29 is 4.74 Å². The van der Waals surface area contributed by atoms with Crippen molar-refractivity contribution in [1.82, 2.24) is 0 Å². The van der Waals surface area contributed by atoms with Gasteiger partial charge in [-0.2, -0.15) is 0 Å². The molecule has 112 valence electrons. The van der Waals surface area contributed by atoms with Gasteiger partial charge in [-0.3, -0.25) is 4.99 Å². The molecule has 0 spiro atoms. The van der Waals surface area contributed by atoms with Crippen molar-refractivity contribution in [3.63, 3.8) is 0 Å². The van der Waals surface area contributed by atoms with E-state index in [1.54, 1.807) is 0 Å². The SMILES string of the molecule is CC1=NC(CC2CCOCC2)(c2cccc(Br)c2)N=C1N. The Kier molecular flexibility index (Phi) is 4.13. The maximum atomic E-state index is 6.02. The lowest BCUT2D eigenvalue weighted by Crippen LogP contribution is -2.27. The summed E-state index contributed by atoms with van der Waals surface area (Å²) < 4.78 is 6.50. The highest BCUT2D eigenvalue weighted by Crippen LogP contribution is 2.40. The predicted octanol–water partition coefficient (Wildman–Crippen LogP) is 3.25. The van der Waals surface area contributed by atoms with E-state index in [1.165, 1.54) is 0 Å². The van der Waals surface area contributed by atoms with Crippen LogP contribution in [0.4, 0.5) is 0 Å². The van der Waals surface area contributed by atoms with Crippen LogP contribution in [0.3, 0.4) is 0 Å². The van der Waals surface area contributed by atoms with E-state index in [9.17, 15) is 0 Å². The summed E-state index contributed by atoms with van der Waals surface area (Å²) in [5.74, 6) is 1.13. The molecule has 0 radical (unpaired) electrons. The van der Waals surface area contributed by atoms with Gasteiger partial charge in [0.05, 0.1) is 5.71 Å². The number of rotatable bonds is 3. The van der Waals surface area contributed by atoms with Gasteiger partial charge in [-0.05, 0) is 37.8 Å². The molecule has 2 N–H and O–H groups in total. The van der Waals surface area contributed by atoms with Gasteiger partial charge in [-0.15, -0.1) is 0 Å². The first kappa shape index (κ1) is 14.7. The molecule has 1 aromatic rings. The molecule has 5 heteroatoms. The van der Waals surface area contributed by atoms with E-state index in [0.717, 1.165) is 48.2 Å². The quantitative estimate of drug-likeness (QED) is 0.910. The lowest BCUT2D eigenvalue weighted by molar-refractivity contribution is 0.0567. The number of nitrogens with two attached hydrogens (primary N) is 1. The molecule has 0 bridgehead atoms. The molecule has 0 amide bonds. The minimum atomic E-state index is -0.556. The summed E-state index contributed by atoms with van der Waals surface area (Å²) in [6.07, 6.45) is 3.03. The molecule has 0 saturated carbocycles. The molecule has 1 saturated heterocycles. The number of aliphatic imine (C=N–C) groups is 2. The average molecular weight is 350 g/mol. The maximum Gasteiger partial charge on any atom is 0.178 e. The summed E-state index contributed by atoms with van der Waals surface area (Å²) in [5, 5.41) is 0. The molecule has 2 heterocycles. The fraction of sp³-hybridized carbons (Fsp3) is 0.500. The Hall–Kier alpha value is -1.20. The lowest BCUT2D eigenvalue weighted by atomic mass is 9.85. The molecule has 0 aromatic heterocycles. The van der Waals surface area contributed by atoms with Crippen molar-refractivity contribution >= 4 is 27.5 Å². The second-order valence-electron chi connectivity index (χ2n) is 5.78. The summed E-state index contributed by atoms with van der Waals surface area (Å²) >= 11 is 3.54. The molecule has 2 aliphatic rings. The van der Waals surface area contributed by atoms with Crippen molar-refractivity contribution in [2.45, 2.75) is 31.8 Å². The Morgan fingerprint density at radius 2 is 2.10 bits per heavy atom. The first-order valence-electron chi connectivity index (χ1n) is 7.35. The Bertz CT molecular complexity index is 573. The second-order valence-corrected chi connectivity index (χ2v) is 6.70. The molecule has 4 nitrogen and oxygen atoms in total. The Morgan fingerprint density at radius 1 is 1.33 bits per heavy atom. The monoisotopic (exact) mass is 349 g/mol.